The van der Waals surface area contributed by atoms with Crippen LogP contribution in [0, 0.1) is 18.7 Å². The van der Waals surface area contributed by atoms with Crippen LogP contribution in [0.15, 0.2) is 18.2 Å². The average Bonchev–Trinajstić information content (AvgIpc) is 3.40. The van der Waals surface area contributed by atoms with Crippen LogP contribution in [0.4, 0.5) is 4.39 Å². The number of carbonyl (C=O) groups excluding carboxylic acids is 1. The van der Waals surface area contributed by atoms with E-state index in [1.807, 2.05) is 6.07 Å². The van der Waals surface area contributed by atoms with Gasteiger partial charge < -0.3 is 5.32 Å². The Morgan fingerprint density at radius 2 is 1.96 bits per heavy atom. The SMILES string of the molecule is Cc1ccc(CNC(=O)CN(CC2CC2)C2CCCCC2)cc1F. The van der Waals surface area contributed by atoms with Crippen molar-refractivity contribution in [3.8, 4) is 0 Å². The van der Waals surface area contributed by atoms with Gasteiger partial charge in [0.15, 0.2) is 0 Å². The fourth-order valence-electron chi connectivity index (χ4n) is 3.61. The van der Waals surface area contributed by atoms with Crippen LogP contribution >= 0.6 is 0 Å². The van der Waals surface area contributed by atoms with Crippen molar-refractivity contribution >= 4 is 5.91 Å². The third-order valence-corrected chi connectivity index (χ3v) is 5.35. The van der Waals surface area contributed by atoms with Crippen LogP contribution in [0.5, 0.6) is 0 Å². The lowest BCUT2D eigenvalue weighted by Gasteiger charge is -2.34. The Kier molecular flexibility index (Phi) is 5.88. The first-order valence-electron chi connectivity index (χ1n) is 9.37. The van der Waals surface area contributed by atoms with Crippen LogP contribution in [0.25, 0.3) is 0 Å². The first kappa shape index (κ1) is 17.4. The fraction of sp³-hybridized carbons (Fsp3) is 0.650. The van der Waals surface area contributed by atoms with E-state index in [2.05, 4.69) is 10.2 Å². The van der Waals surface area contributed by atoms with Gasteiger partial charge in [0.2, 0.25) is 5.91 Å². The lowest BCUT2D eigenvalue weighted by atomic mass is 9.94. The number of rotatable bonds is 7. The molecule has 0 radical (unpaired) electrons. The van der Waals surface area contributed by atoms with Gasteiger partial charge in [0.25, 0.3) is 0 Å². The monoisotopic (exact) mass is 332 g/mol. The number of aryl methyl sites for hydroxylation is 1. The van der Waals surface area contributed by atoms with Gasteiger partial charge in [-0.05, 0) is 55.7 Å². The molecule has 0 bridgehead atoms. The average molecular weight is 332 g/mol. The number of benzene rings is 1. The molecular weight excluding hydrogens is 303 g/mol. The molecule has 1 aromatic carbocycles. The lowest BCUT2D eigenvalue weighted by Crippen LogP contribution is -2.44. The first-order valence-corrected chi connectivity index (χ1v) is 9.37. The molecule has 2 aliphatic rings. The minimum absolute atomic E-state index is 0.0576. The summed E-state index contributed by atoms with van der Waals surface area (Å²) in [7, 11) is 0. The molecule has 0 heterocycles. The van der Waals surface area contributed by atoms with Gasteiger partial charge in [-0.2, -0.15) is 0 Å². The molecular formula is C20H29FN2O. The third kappa shape index (κ3) is 5.04. The molecule has 0 unspecified atom stereocenters. The van der Waals surface area contributed by atoms with Gasteiger partial charge in [-0.15, -0.1) is 0 Å². The van der Waals surface area contributed by atoms with E-state index >= 15 is 0 Å². The number of halogens is 1. The summed E-state index contributed by atoms with van der Waals surface area (Å²) in [6.07, 6.45) is 8.98. The number of nitrogens with zero attached hydrogens (tertiary/aromatic N) is 1. The van der Waals surface area contributed by atoms with Crippen molar-refractivity contribution in [3.05, 3.63) is 35.1 Å². The van der Waals surface area contributed by atoms with Crippen molar-refractivity contribution in [2.45, 2.75) is 64.5 Å². The topological polar surface area (TPSA) is 32.3 Å². The zero-order valence-electron chi connectivity index (χ0n) is 14.7. The summed E-state index contributed by atoms with van der Waals surface area (Å²) in [5, 5.41) is 2.96. The molecule has 0 spiro atoms. The Morgan fingerprint density at radius 3 is 2.62 bits per heavy atom. The highest BCUT2D eigenvalue weighted by Crippen LogP contribution is 2.32. The highest BCUT2D eigenvalue weighted by atomic mass is 19.1. The maximum atomic E-state index is 13.6. The molecule has 2 saturated carbocycles. The van der Waals surface area contributed by atoms with Crippen molar-refractivity contribution in [3.63, 3.8) is 0 Å². The summed E-state index contributed by atoms with van der Waals surface area (Å²) < 4.78 is 13.6. The molecule has 3 rings (SSSR count). The Hall–Kier alpha value is -1.42. The highest BCUT2D eigenvalue weighted by molar-refractivity contribution is 5.78. The molecule has 0 aliphatic heterocycles. The van der Waals surface area contributed by atoms with Crippen LogP contribution in [0.2, 0.25) is 0 Å². The molecule has 0 atom stereocenters. The third-order valence-electron chi connectivity index (χ3n) is 5.35. The lowest BCUT2D eigenvalue weighted by molar-refractivity contribution is -0.123. The predicted molar refractivity (Wildman–Crippen MR) is 94.2 cm³/mol. The molecule has 2 fully saturated rings. The van der Waals surface area contributed by atoms with Crippen molar-refractivity contribution in [1.82, 2.24) is 10.2 Å². The molecule has 1 aromatic rings. The molecule has 2 aliphatic carbocycles. The van der Waals surface area contributed by atoms with E-state index < -0.39 is 0 Å². The molecule has 0 saturated heterocycles. The summed E-state index contributed by atoms with van der Waals surface area (Å²) in [6, 6.07) is 5.72. The molecule has 0 aromatic heterocycles. The van der Waals surface area contributed by atoms with Crippen LogP contribution in [0.3, 0.4) is 0 Å². The minimum atomic E-state index is -0.209. The maximum Gasteiger partial charge on any atom is 0.234 e. The molecule has 132 valence electrons. The van der Waals surface area contributed by atoms with Crippen molar-refractivity contribution in [2.24, 2.45) is 5.92 Å². The van der Waals surface area contributed by atoms with Crippen molar-refractivity contribution < 1.29 is 9.18 Å². The molecule has 4 heteroatoms. The van der Waals surface area contributed by atoms with Gasteiger partial charge in [0.05, 0.1) is 6.54 Å². The van der Waals surface area contributed by atoms with E-state index in [0.29, 0.717) is 24.7 Å². The molecule has 1 amide bonds. The van der Waals surface area contributed by atoms with Gasteiger partial charge in [-0.1, -0.05) is 31.4 Å². The first-order chi connectivity index (χ1) is 11.6. The van der Waals surface area contributed by atoms with E-state index in [-0.39, 0.29) is 11.7 Å². The number of amides is 1. The molecule has 1 N–H and O–H groups in total. The summed E-state index contributed by atoms with van der Waals surface area (Å²) in [5.74, 6) is 0.646. The summed E-state index contributed by atoms with van der Waals surface area (Å²) >= 11 is 0. The van der Waals surface area contributed by atoms with E-state index in [4.69, 9.17) is 0 Å². The van der Waals surface area contributed by atoms with Gasteiger partial charge in [0.1, 0.15) is 5.82 Å². The zero-order valence-corrected chi connectivity index (χ0v) is 14.7. The second kappa shape index (κ2) is 8.11. The minimum Gasteiger partial charge on any atom is -0.351 e. The smallest absolute Gasteiger partial charge is 0.234 e. The summed E-state index contributed by atoms with van der Waals surface area (Å²) in [6.45, 7) is 3.70. The van der Waals surface area contributed by atoms with Gasteiger partial charge in [-0.25, -0.2) is 4.39 Å². The predicted octanol–water partition coefficient (Wildman–Crippen LogP) is 3.80. The molecule has 3 nitrogen and oxygen atoms in total. The van der Waals surface area contributed by atoms with Crippen molar-refractivity contribution in [2.75, 3.05) is 13.1 Å². The van der Waals surface area contributed by atoms with Gasteiger partial charge >= 0.3 is 0 Å². The summed E-state index contributed by atoms with van der Waals surface area (Å²) in [5.41, 5.74) is 1.45. The number of hydrogen-bond donors (Lipinski definition) is 1. The van der Waals surface area contributed by atoms with Crippen LogP contribution in [-0.4, -0.2) is 29.9 Å². The van der Waals surface area contributed by atoms with E-state index in [1.54, 1.807) is 13.0 Å². The number of carbonyl (C=O) groups is 1. The van der Waals surface area contributed by atoms with Crippen molar-refractivity contribution in [1.29, 1.82) is 0 Å². The Labute approximate surface area is 144 Å². The van der Waals surface area contributed by atoms with Crippen LogP contribution in [-0.2, 0) is 11.3 Å². The van der Waals surface area contributed by atoms with Gasteiger partial charge in [-0.3, -0.25) is 9.69 Å². The quantitative estimate of drug-likeness (QED) is 0.824. The Balaban J connectivity index is 1.51. The number of nitrogens with one attached hydrogen (secondary N) is 1. The maximum absolute atomic E-state index is 13.6. The largest absolute Gasteiger partial charge is 0.351 e. The normalized spacial score (nSPS) is 18.8. The van der Waals surface area contributed by atoms with Crippen LogP contribution in [0.1, 0.15) is 56.1 Å². The van der Waals surface area contributed by atoms with E-state index in [1.165, 1.54) is 51.0 Å². The zero-order chi connectivity index (χ0) is 16.9. The van der Waals surface area contributed by atoms with E-state index in [0.717, 1.165) is 18.0 Å². The highest BCUT2D eigenvalue weighted by Gasteiger charge is 2.29. The second-order valence-corrected chi connectivity index (χ2v) is 7.52. The van der Waals surface area contributed by atoms with E-state index in [9.17, 15) is 9.18 Å². The standard InChI is InChI=1S/C20H29FN2O/c1-15-7-8-17(11-19(15)21)12-22-20(24)14-23(13-16-9-10-16)18-5-3-2-4-6-18/h7-8,11,16,18H,2-6,9-10,12-14H2,1H3,(H,22,24). The Morgan fingerprint density at radius 1 is 1.21 bits per heavy atom. The fourth-order valence-corrected chi connectivity index (χ4v) is 3.61. The molecule has 24 heavy (non-hydrogen) atoms. The Bertz CT molecular complexity index is 565. The number of hydrogen-bond acceptors (Lipinski definition) is 2. The second-order valence-electron chi connectivity index (χ2n) is 7.52. The summed E-state index contributed by atoms with van der Waals surface area (Å²) in [4.78, 5) is 14.8. The van der Waals surface area contributed by atoms with Gasteiger partial charge in [0, 0.05) is 19.1 Å². The van der Waals surface area contributed by atoms with Crippen LogP contribution < -0.4 is 5.32 Å².